The number of aliphatic carboxylic acids is 1. The van der Waals surface area contributed by atoms with Gasteiger partial charge in [0.2, 0.25) is 0 Å². The van der Waals surface area contributed by atoms with E-state index in [2.05, 4.69) is 0 Å². The molecule has 0 spiro atoms. The van der Waals surface area contributed by atoms with Crippen molar-refractivity contribution in [2.75, 3.05) is 13.2 Å². The van der Waals surface area contributed by atoms with Gasteiger partial charge in [-0.15, -0.1) is 0 Å². The lowest BCUT2D eigenvalue weighted by molar-refractivity contribution is -0.164. The van der Waals surface area contributed by atoms with Gasteiger partial charge >= 0.3 is 12.1 Å². The Hall–Kier alpha value is -1.30. The quantitative estimate of drug-likeness (QED) is 0.756. The topological polar surface area (TPSA) is 87.1 Å². The average Bonchev–Trinajstić information content (AvgIpc) is 2.41. The molecular weight excluding hydrogens is 214 g/mol. The highest BCUT2D eigenvalue weighted by Gasteiger charge is 2.61. The van der Waals surface area contributed by atoms with Crippen molar-refractivity contribution < 1.29 is 24.5 Å². The maximum absolute atomic E-state index is 11.3. The molecule has 2 unspecified atom stereocenters. The number of rotatable bonds is 3. The van der Waals surface area contributed by atoms with E-state index in [0.29, 0.717) is 13.0 Å². The molecule has 2 N–H and O–H groups in total. The molecule has 0 aromatic heterocycles. The zero-order valence-corrected chi connectivity index (χ0v) is 9.69. The number of carboxylic acid groups (broad SMARTS) is 2. The first-order valence-electron chi connectivity index (χ1n) is 5.17. The molecule has 16 heavy (non-hydrogen) atoms. The molecule has 6 heteroatoms. The third-order valence-corrected chi connectivity index (χ3v) is 3.49. The van der Waals surface area contributed by atoms with Crippen molar-refractivity contribution in [2.24, 2.45) is 0 Å². The first-order chi connectivity index (χ1) is 7.29. The molecule has 0 bridgehead atoms. The van der Waals surface area contributed by atoms with Crippen molar-refractivity contribution in [3.8, 4) is 0 Å². The molecule has 6 nitrogen and oxygen atoms in total. The maximum Gasteiger partial charge on any atom is 0.408 e. The molecule has 0 aromatic carbocycles. The summed E-state index contributed by atoms with van der Waals surface area (Å²) in [7, 11) is 0. The smallest absolute Gasteiger partial charge is 0.408 e. The van der Waals surface area contributed by atoms with Crippen LogP contribution >= 0.6 is 0 Å². The van der Waals surface area contributed by atoms with Gasteiger partial charge in [0.15, 0.2) is 5.54 Å². The van der Waals surface area contributed by atoms with E-state index < -0.39 is 23.2 Å². The van der Waals surface area contributed by atoms with Gasteiger partial charge in [-0.1, -0.05) is 0 Å². The summed E-state index contributed by atoms with van der Waals surface area (Å²) < 4.78 is 5.46. The summed E-state index contributed by atoms with van der Waals surface area (Å²) in [4.78, 5) is 23.3. The summed E-state index contributed by atoms with van der Waals surface area (Å²) in [6, 6.07) is 0. The van der Waals surface area contributed by atoms with Crippen LogP contribution in [0.15, 0.2) is 0 Å². The number of ether oxygens (including phenoxy) is 1. The lowest BCUT2D eigenvalue weighted by Crippen LogP contribution is -2.62. The van der Waals surface area contributed by atoms with E-state index in [9.17, 15) is 14.7 Å². The molecule has 1 aliphatic rings. The minimum Gasteiger partial charge on any atom is -0.479 e. The Kier molecular flexibility index (Phi) is 3.14. The summed E-state index contributed by atoms with van der Waals surface area (Å²) in [6.07, 6.45) is -0.844. The molecule has 1 aliphatic heterocycles. The molecule has 2 atom stereocenters. The zero-order valence-electron chi connectivity index (χ0n) is 9.69. The predicted octanol–water partition coefficient (Wildman–Crippen LogP) is 1.01. The van der Waals surface area contributed by atoms with Gasteiger partial charge in [0.1, 0.15) is 5.60 Å². The fourth-order valence-corrected chi connectivity index (χ4v) is 2.24. The first kappa shape index (κ1) is 12.8. The summed E-state index contributed by atoms with van der Waals surface area (Å²) in [5, 5.41) is 18.3. The molecule has 1 amide bonds. The van der Waals surface area contributed by atoms with Crippen molar-refractivity contribution in [2.45, 2.75) is 38.3 Å². The van der Waals surface area contributed by atoms with Crippen molar-refractivity contribution >= 4 is 12.1 Å². The third kappa shape index (κ3) is 1.53. The number of nitrogens with zero attached hydrogens (tertiary/aromatic N) is 1. The first-order valence-corrected chi connectivity index (χ1v) is 5.17. The molecule has 0 saturated carbocycles. The molecule has 1 fully saturated rings. The number of carboxylic acids is 1. The van der Waals surface area contributed by atoms with Crippen LogP contribution in [0, 0.1) is 0 Å². The Morgan fingerprint density at radius 2 is 1.94 bits per heavy atom. The standard InChI is InChI=1S/C10H17NO5/c1-4-16-9(2)5-6-11(8(14)15)10(9,3)7(12)13/h4-6H2,1-3H3,(H,12,13)(H,14,15). The van der Waals surface area contributed by atoms with E-state index in [1.54, 1.807) is 13.8 Å². The highest BCUT2D eigenvalue weighted by molar-refractivity contribution is 5.86. The molecule has 0 radical (unpaired) electrons. The van der Waals surface area contributed by atoms with Crippen LogP contribution in [0.25, 0.3) is 0 Å². The van der Waals surface area contributed by atoms with Gasteiger partial charge in [-0.3, -0.25) is 4.90 Å². The van der Waals surface area contributed by atoms with E-state index in [1.807, 2.05) is 0 Å². The summed E-state index contributed by atoms with van der Waals surface area (Å²) in [5.74, 6) is -1.18. The van der Waals surface area contributed by atoms with Gasteiger partial charge in [0, 0.05) is 13.2 Å². The lowest BCUT2D eigenvalue weighted by Gasteiger charge is -2.40. The Labute approximate surface area is 93.8 Å². The van der Waals surface area contributed by atoms with Gasteiger partial charge < -0.3 is 14.9 Å². The van der Waals surface area contributed by atoms with Crippen molar-refractivity contribution in [1.29, 1.82) is 0 Å². The summed E-state index contributed by atoms with van der Waals surface area (Å²) in [5.41, 5.74) is -2.51. The van der Waals surface area contributed by atoms with Crippen molar-refractivity contribution in [3.63, 3.8) is 0 Å². The van der Waals surface area contributed by atoms with Crippen LogP contribution in [0.4, 0.5) is 4.79 Å². The van der Waals surface area contributed by atoms with Crippen LogP contribution in [-0.4, -0.2) is 51.5 Å². The molecule has 1 saturated heterocycles. The van der Waals surface area contributed by atoms with E-state index in [4.69, 9.17) is 9.84 Å². The van der Waals surface area contributed by atoms with Crippen LogP contribution in [0.1, 0.15) is 27.2 Å². The minimum absolute atomic E-state index is 0.175. The van der Waals surface area contributed by atoms with Crippen LogP contribution in [0.5, 0.6) is 0 Å². The highest BCUT2D eigenvalue weighted by Crippen LogP contribution is 2.41. The predicted molar refractivity (Wildman–Crippen MR) is 55.4 cm³/mol. The number of carbonyl (C=O) groups is 2. The van der Waals surface area contributed by atoms with Gasteiger partial charge in [0.25, 0.3) is 0 Å². The second kappa shape index (κ2) is 3.93. The fraction of sp³-hybridized carbons (Fsp3) is 0.800. The Morgan fingerprint density at radius 3 is 2.31 bits per heavy atom. The lowest BCUT2D eigenvalue weighted by atomic mass is 9.83. The Balaban J connectivity index is 3.16. The van der Waals surface area contributed by atoms with E-state index in [-0.39, 0.29) is 6.54 Å². The normalized spacial score (nSPS) is 34.1. The average molecular weight is 231 g/mol. The number of amides is 1. The van der Waals surface area contributed by atoms with Crippen LogP contribution < -0.4 is 0 Å². The second-order valence-electron chi connectivity index (χ2n) is 4.23. The number of hydrogen-bond acceptors (Lipinski definition) is 3. The van der Waals surface area contributed by atoms with Crippen molar-refractivity contribution in [1.82, 2.24) is 4.90 Å². The number of likely N-dealkylation sites (tertiary alicyclic amines) is 1. The molecule has 1 rings (SSSR count). The Bertz CT molecular complexity index is 318. The second-order valence-corrected chi connectivity index (χ2v) is 4.23. The summed E-state index contributed by atoms with van der Waals surface area (Å²) >= 11 is 0. The van der Waals surface area contributed by atoms with Crippen LogP contribution in [0.3, 0.4) is 0 Å². The number of hydrogen-bond donors (Lipinski definition) is 2. The maximum atomic E-state index is 11.3. The van der Waals surface area contributed by atoms with Gasteiger partial charge in [-0.05, 0) is 27.2 Å². The van der Waals surface area contributed by atoms with Crippen LogP contribution in [0.2, 0.25) is 0 Å². The van der Waals surface area contributed by atoms with E-state index >= 15 is 0 Å². The largest absolute Gasteiger partial charge is 0.479 e. The SMILES string of the molecule is CCOC1(C)CCN(C(=O)O)C1(C)C(=O)O. The van der Waals surface area contributed by atoms with Gasteiger partial charge in [0.05, 0.1) is 0 Å². The highest BCUT2D eigenvalue weighted by atomic mass is 16.5. The summed E-state index contributed by atoms with van der Waals surface area (Å²) in [6.45, 7) is 5.33. The minimum atomic E-state index is -1.53. The molecule has 0 aliphatic carbocycles. The van der Waals surface area contributed by atoms with E-state index in [1.165, 1.54) is 6.92 Å². The van der Waals surface area contributed by atoms with Gasteiger partial charge in [-0.25, -0.2) is 9.59 Å². The third-order valence-electron chi connectivity index (χ3n) is 3.49. The fourth-order valence-electron chi connectivity index (χ4n) is 2.24. The van der Waals surface area contributed by atoms with Gasteiger partial charge in [-0.2, -0.15) is 0 Å². The monoisotopic (exact) mass is 231 g/mol. The molecule has 0 aromatic rings. The molecular formula is C10H17NO5. The molecule has 1 heterocycles. The zero-order chi connectivity index (χ0) is 12.6. The Morgan fingerprint density at radius 1 is 1.38 bits per heavy atom. The van der Waals surface area contributed by atoms with Crippen LogP contribution in [-0.2, 0) is 9.53 Å². The van der Waals surface area contributed by atoms with Crippen molar-refractivity contribution in [3.05, 3.63) is 0 Å². The van der Waals surface area contributed by atoms with E-state index in [0.717, 1.165) is 4.90 Å². The molecule has 92 valence electrons.